The molecule has 2 atom stereocenters. The van der Waals surface area contributed by atoms with Crippen molar-refractivity contribution in [1.29, 1.82) is 0 Å². The number of nitrogens with one attached hydrogen (secondary N) is 4. The van der Waals surface area contributed by atoms with E-state index >= 15 is 0 Å². The van der Waals surface area contributed by atoms with Crippen LogP contribution in [0.2, 0.25) is 0 Å². The number of benzene rings is 2. The molecule has 6 heteroatoms. The molecule has 0 amide bonds. The van der Waals surface area contributed by atoms with Crippen LogP contribution in [0.15, 0.2) is 60.7 Å². The quantitative estimate of drug-likeness (QED) is 0.621. The summed E-state index contributed by atoms with van der Waals surface area (Å²) in [6.07, 6.45) is 0. The molecule has 0 saturated carbocycles. The summed E-state index contributed by atoms with van der Waals surface area (Å²) in [7, 11) is 0. The average molecular weight is 411 g/mol. The summed E-state index contributed by atoms with van der Waals surface area (Å²) in [5, 5.41) is 14.4. The van der Waals surface area contributed by atoms with Crippen molar-refractivity contribution in [1.82, 2.24) is 31.1 Å². The van der Waals surface area contributed by atoms with Gasteiger partial charge in [0.1, 0.15) is 0 Å². The first-order valence-corrected chi connectivity index (χ1v) is 11.2. The minimum absolute atomic E-state index is 0.363. The fourth-order valence-corrected chi connectivity index (χ4v) is 3.79. The van der Waals surface area contributed by atoms with E-state index in [1.54, 1.807) is 0 Å². The standard InChI is InChI=1S/C24H38N6/c1-21(23-9-5-3-6-10-23)29-17-25-13-15-27-19-30(20-28-16-14-26-18-29)22(2)24-11-7-4-8-12-24/h3-12,21-22,25-28H,13-20H2,1-2H3. The summed E-state index contributed by atoms with van der Waals surface area (Å²) < 4.78 is 0. The lowest BCUT2D eigenvalue weighted by Crippen LogP contribution is -2.48. The largest absolute Gasteiger partial charge is 0.303 e. The lowest BCUT2D eigenvalue weighted by atomic mass is 10.1. The van der Waals surface area contributed by atoms with E-state index in [9.17, 15) is 0 Å². The Morgan fingerprint density at radius 1 is 0.533 bits per heavy atom. The molecule has 2 unspecified atom stereocenters. The van der Waals surface area contributed by atoms with Crippen molar-refractivity contribution in [2.75, 3.05) is 52.9 Å². The highest BCUT2D eigenvalue weighted by Gasteiger charge is 2.17. The average Bonchev–Trinajstić information content (AvgIpc) is 2.80. The number of rotatable bonds is 4. The van der Waals surface area contributed by atoms with Gasteiger partial charge in [0.25, 0.3) is 0 Å². The predicted molar refractivity (Wildman–Crippen MR) is 125 cm³/mol. The summed E-state index contributed by atoms with van der Waals surface area (Å²) in [4.78, 5) is 4.90. The highest BCUT2D eigenvalue weighted by Crippen LogP contribution is 2.19. The third-order valence-electron chi connectivity index (χ3n) is 5.88. The Morgan fingerprint density at radius 3 is 1.13 bits per heavy atom. The van der Waals surface area contributed by atoms with Crippen molar-refractivity contribution in [2.45, 2.75) is 25.9 Å². The topological polar surface area (TPSA) is 54.6 Å². The zero-order valence-corrected chi connectivity index (χ0v) is 18.5. The molecule has 2 aromatic rings. The molecule has 1 heterocycles. The van der Waals surface area contributed by atoms with E-state index in [0.717, 1.165) is 52.9 Å². The van der Waals surface area contributed by atoms with E-state index < -0.39 is 0 Å². The molecule has 0 aromatic heterocycles. The molecular formula is C24H38N6. The van der Waals surface area contributed by atoms with Gasteiger partial charge in [0, 0.05) is 64.9 Å². The molecule has 6 nitrogen and oxygen atoms in total. The molecule has 1 fully saturated rings. The number of hydrogen-bond acceptors (Lipinski definition) is 6. The highest BCUT2D eigenvalue weighted by atomic mass is 15.3. The van der Waals surface area contributed by atoms with E-state index in [4.69, 9.17) is 0 Å². The van der Waals surface area contributed by atoms with Crippen LogP contribution in [0.1, 0.15) is 37.1 Å². The Kier molecular flexibility index (Phi) is 9.76. The monoisotopic (exact) mass is 410 g/mol. The number of hydrogen-bond donors (Lipinski definition) is 4. The third-order valence-corrected chi connectivity index (χ3v) is 5.88. The second kappa shape index (κ2) is 12.8. The smallest absolute Gasteiger partial charge is 0.0499 e. The molecule has 2 aromatic carbocycles. The fraction of sp³-hybridized carbons (Fsp3) is 0.500. The first-order valence-electron chi connectivity index (χ1n) is 11.2. The van der Waals surface area contributed by atoms with Crippen LogP contribution in [0.4, 0.5) is 0 Å². The second-order valence-electron chi connectivity index (χ2n) is 7.98. The van der Waals surface area contributed by atoms with Crippen molar-refractivity contribution in [3.63, 3.8) is 0 Å². The summed E-state index contributed by atoms with van der Waals surface area (Å²) in [5.74, 6) is 0. The van der Waals surface area contributed by atoms with Crippen LogP contribution >= 0.6 is 0 Å². The van der Waals surface area contributed by atoms with Gasteiger partial charge in [-0.15, -0.1) is 0 Å². The van der Waals surface area contributed by atoms with Crippen molar-refractivity contribution >= 4 is 0 Å². The Balaban J connectivity index is 1.53. The Labute approximate surface area is 182 Å². The van der Waals surface area contributed by atoms with Crippen LogP contribution in [0.3, 0.4) is 0 Å². The van der Waals surface area contributed by atoms with E-state index in [0.29, 0.717) is 12.1 Å². The van der Waals surface area contributed by atoms with Gasteiger partial charge in [-0.1, -0.05) is 60.7 Å². The van der Waals surface area contributed by atoms with Gasteiger partial charge in [-0.3, -0.25) is 9.80 Å². The van der Waals surface area contributed by atoms with E-state index in [1.807, 2.05) is 0 Å². The zero-order chi connectivity index (χ0) is 21.0. The van der Waals surface area contributed by atoms with Crippen molar-refractivity contribution in [3.05, 3.63) is 71.8 Å². The van der Waals surface area contributed by atoms with E-state index in [-0.39, 0.29) is 0 Å². The van der Waals surface area contributed by atoms with Gasteiger partial charge in [0.05, 0.1) is 0 Å². The van der Waals surface area contributed by atoms with Crippen LogP contribution in [0.5, 0.6) is 0 Å². The summed E-state index contributed by atoms with van der Waals surface area (Å²) >= 11 is 0. The molecular weight excluding hydrogens is 372 g/mol. The predicted octanol–water partition coefficient (Wildman–Crippen LogP) is 2.31. The Bertz CT molecular complexity index is 618. The van der Waals surface area contributed by atoms with Crippen molar-refractivity contribution in [2.24, 2.45) is 0 Å². The minimum Gasteiger partial charge on any atom is -0.303 e. The van der Waals surface area contributed by atoms with Gasteiger partial charge in [0.2, 0.25) is 0 Å². The van der Waals surface area contributed by atoms with Gasteiger partial charge in [-0.05, 0) is 25.0 Å². The maximum absolute atomic E-state index is 3.61. The van der Waals surface area contributed by atoms with E-state index in [2.05, 4.69) is 106 Å². The maximum atomic E-state index is 3.61. The number of nitrogens with zero attached hydrogens (tertiary/aromatic N) is 2. The van der Waals surface area contributed by atoms with Crippen LogP contribution in [-0.2, 0) is 0 Å². The van der Waals surface area contributed by atoms with Crippen LogP contribution in [0, 0.1) is 0 Å². The summed E-state index contributed by atoms with van der Waals surface area (Å²) in [5.41, 5.74) is 2.70. The molecule has 164 valence electrons. The van der Waals surface area contributed by atoms with Crippen molar-refractivity contribution in [3.8, 4) is 0 Å². The van der Waals surface area contributed by atoms with Crippen LogP contribution < -0.4 is 21.3 Å². The molecule has 30 heavy (non-hydrogen) atoms. The molecule has 0 radical (unpaired) electrons. The summed E-state index contributed by atoms with van der Waals surface area (Å²) in [6, 6.07) is 22.2. The van der Waals surface area contributed by atoms with E-state index in [1.165, 1.54) is 11.1 Å². The van der Waals surface area contributed by atoms with Gasteiger partial charge in [-0.25, -0.2) is 0 Å². The van der Waals surface area contributed by atoms with Crippen LogP contribution in [-0.4, -0.2) is 62.7 Å². The fourth-order valence-electron chi connectivity index (χ4n) is 3.79. The highest BCUT2D eigenvalue weighted by molar-refractivity contribution is 5.19. The van der Waals surface area contributed by atoms with Gasteiger partial charge >= 0.3 is 0 Å². The molecule has 1 saturated heterocycles. The second-order valence-corrected chi connectivity index (χ2v) is 7.98. The molecule has 0 spiro atoms. The molecule has 1 aliphatic heterocycles. The van der Waals surface area contributed by atoms with Gasteiger partial charge in [0.15, 0.2) is 0 Å². The van der Waals surface area contributed by atoms with Gasteiger partial charge in [-0.2, -0.15) is 0 Å². The molecule has 0 bridgehead atoms. The van der Waals surface area contributed by atoms with Gasteiger partial charge < -0.3 is 21.3 Å². The third kappa shape index (κ3) is 7.16. The SMILES string of the molecule is CC(c1ccccc1)N1CNCCNCN(C(C)c2ccccc2)CNCCNC1. The molecule has 3 rings (SSSR count). The van der Waals surface area contributed by atoms with Crippen molar-refractivity contribution < 1.29 is 0 Å². The Morgan fingerprint density at radius 2 is 0.833 bits per heavy atom. The molecule has 1 aliphatic rings. The lowest BCUT2D eigenvalue weighted by molar-refractivity contribution is 0.163. The minimum atomic E-state index is 0.363. The lowest BCUT2D eigenvalue weighted by Gasteiger charge is -2.32. The molecule has 4 N–H and O–H groups in total. The maximum Gasteiger partial charge on any atom is 0.0499 e. The normalized spacial score (nSPS) is 20.9. The zero-order valence-electron chi connectivity index (χ0n) is 18.5. The first kappa shape index (κ1) is 22.9. The Hall–Kier alpha value is -1.80. The van der Waals surface area contributed by atoms with Crippen LogP contribution in [0.25, 0.3) is 0 Å². The molecule has 0 aliphatic carbocycles. The summed E-state index contributed by atoms with van der Waals surface area (Å²) in [6.45, 7) is 11.8. The first-order chi connectivity index (χ1) is 14.8.